The van der Waals surface area contributed by atoms with E-state index >= 15 is 0 Å². The molecule has 2 unspecified atom stereocenters. The van der Waals surface area contributed by atoms with Crippen LogP contribution in [0.5, 0.6) is 0 Å². The fourth-order valence-electron chi connectivity index (χ4n) is 4.08. The lowest BCUT2D eigenvalue weighted by Crippen LogP contribution is -2.49. The molecule has 2 aliphatic rings. The second-order valence-electron chi connectivity index (χ2n) is 7.92. The molecule has 3 rings (SSSR count). The Hall–Kier alpha value is -1.44. The largest absolute Gasteiger partial charge is 0.352 e. The van der Waals surface area contributed by atoms with E-state index in [2.05, 4.69) is 21.9 Å². The first-order valence-corrected chi connectivity index (χ1v) is 11.5. The Kier molecular flexibility index (Phi) is 6.89. The highest BCUT2D eigenvalue weighted by Crippen LogP contribution is 2.23. The smallest absolute Gasteiger partial charge is 0.240 e. The van der Waals surface area contributed by atoms with Gasteiger partial charge in [0.05, 0.1) is 11.4 Å². The van der Waals surface area contributed by atoms with Gasteiger partial charge in [-0.2, -0.15) is 0 Å². The topological polar surface area (TPSA) is 78.5 Å². The van der Waals surface area contributed by atoms with Crippen molar-refractivity contribution < 1.29 is 13.2 Å². The van der Waals surface area contributed by atoms with Crippen molar-refractivity contribution in [3.63, 3.8) is 0 Å². The molecular weight excluding hydrogens is 362 g/mol. The van der Waals surface area contributed by atoms with Crippen molar-refractivity contribution in [2.45, 2.75) is 62.4 Å². The van der Waals surface area contributed by atoms with Crippen LogP contribution in [0.4, 0.5) is 0 Å². The van der Waals surface area contributed by atoms with Crippen molar-refractivity contribution in [2.75, 3.05) is 19.6 Å². The molecule has 6 nitrogen and oxygen atoms in total. The van der Waals surface area contributed by atoms with E-state index in [4.69, 9.17) is 0 Å². The third kappa shape index (κ3) is 5.77. The first-order valence-electron chi connectivity index (χ1n) is 10.0. The molecule has 0 spiro atoms. The summed E-state index contributed by atoms with van der Waals surface area (Å²) in [6.45, 7) is 4.08. The number of likely N-dealkylation sites (tertiary alicyclic amines) is 1. The lowest BCUT2D eigenvalue weighted by atomic mass is 9.86. The number of rotatable bonds is 6. The number of hydrogen-bond donors (Lipinski definition) is 2. The monoisotopic (exact) mass is 393 g/mol. The van der Waals surface area contributed by atoms with Crippen LogP contribution >= 0.6 is 0 Å². The van der Waals surface area contributed by atoms with Crippen LogP contribution < -0.4 is 10.0 Å². The second kappa shape index (κ2) is 9.17. The highest BCUT2D eigenvalue weighted by Gasteiger charge is 2.27. The molecule has 7 heteroatoms. The summed E-state index contributed by atoms with van der Waals surface area (Å²) in [7, 11) is -3.47. The molecule has 0 bridgehead atoms. The summed E-state index contributed by atoms with van der Waals surface area (Å²) >= 11 is 0. The summed E-state index contributed by atoms with van der Waals surface area (Å²) in [5.74, 6) is 0.651. The van der Waals surface area contributed by atoms with Gasteiger partial charge in [-0.1, -0.05) is 38.0 Å². The van der Waals surface area contributed by atoms with Gasteiger partial charge < -0.3 is 5.32 Å². The van der Waals surface area contributed by atoms with Crippen LogP contribution in [-0.2, 0) is 14.8 Å². The molecular formula is C20H31N3O3S. The van der Waals surface area contributed by atoms with Crippen LogP contribution in [0.2, 0.25) is 0 Å². The third-order valence-corrected chi connectivity index (χ3v) is 7.32. The van der Waals surface area contributed by atoms with E-state index in [1.165, 1.54) is 19.3 Å². The summed E-state index contributed by atoms with van der Waals surface area (Å²) in [6.07, 6.45) is 6.18. The van der Waals surface area contributed by atoms with Crippen molar-refractivity contribution >= 4 is 15.9 Å². The molecule has 1 saturated carbocycles. The Bertz CT molecular complexity index is 715. The van der Waals surface area contributed by atoms with Gasteiger partial charge in [0.15, 0.2) is 0 Å². The normalized spacial score (nSPS) is 25.2. The van der Waals surface area contributed by atoms with Crippen LogP contribution in [0.15, 0.2) is 35.2 Å². The Morgan fingerprint density at radius 3 is 2.41 bits per heavy atom. The van der Waals surface area contributed by atoms with Crippen LogP contribution in [0.25, 0.3) is 0 Å². The van der Waals surface area contributed by atoms with Gasteiger partial charge in [0.25, 0.3) is 0 Å². The molecule has 150 valence electrons. The predicted molar refractivity (Wildman–Crippen MR) is 106 cm³/mol. The summed E-state index contributed by atoms with van der Waals surface area (Å²) in [6, 6.07) is 8.69. The first kappa shape index (κ1) is 20.3. The zero-order valence-corrected chi connectivity index (χ0v) is 16.9. The van der Waals surface area contributed by atoms with E-state index < -0.39 is 10.0 Å². The Labute approximate surface area is 162 Å². The molecule has 2 N–H and O–H groups in total. The summed E-state index contributed by atoms with van der Waals surface area (Å²) < 4.78 is 27.6. The van der Waals surface area contributed by atoms with Crippen molar-refractivity contribution in [3.8, 4) is 0 Å². The molecule has 27 heavy (non-hydrogen) atoms. The predicted octanol–water partition coefficient (Wildman–Crippen LogP) is 2.12. The summed E-state index contributed by atoms with van der Waals surface area (Å²) in [5, 5.41) is 3.19. The Morgan fingerprint density at radius 1 is 1.07 bits per heavy atom. The van der Waals surface area contributed by atoms with Crippen LogP contribution in [-0.4, -0.2) is 50.9 Å². The van der Waals surface area contributed by atoms with Gasteiger partial charge in [-0.3, -0.25) is 9.69 Å². The van der Waals surface area contributed by atoms with E-state index in [9.17, 15) is 13.2 Å². The van der Waals surface area contributed by atoms with E-state index in [1.54, 1.807) is 30.3 Å². The minimum atomic E-state index is -3.47. The molecule has 0 radical (unpaired) electrons. The minimum Gasteiger partial charge on any atom is -0.352 e. The Morgan fingerprint density at radius 2 is 1.74 bits per heavy atom. The maximum absolute atomic E-state index is 12.4. The molecule has 1 aromatic rings. The highest BCUT2D eigenvalue weighted by molar-refractivity contribution is 7.89. The SMILES string of the molecule is CC1CCCCC1NC(=O)CN1CCC(NS(=O)(=O)c2ccccc2)CC1. The van der Waals surface area contributed by atoms with Crippen LogP contribution in [0, 0.1) is 5.92 Å². The molecule has 1 heterocycles. The number of nitrogens with one attached hydrogen (secondary N) is 2. The second-order valence-corrected chi connectivity index (χ2v) is 9.63. The molecule has 1 amide bonds. The fourth-order valence-corrected chi connectivity index (χ4v) is 5.41. The van der Waals surface area contributed by atoms with Crippen LogP contribution in [0.3, 0.4) is 0 Å². The molecule has 1 saturated heterocycles. The summed E-state index contributed by atoms with van der Waals surface area (Å²) in [4.78, 5) is 14.8. The molecule has 2 fully saturated rings. The highest BCUT2D eigenvalue weighted by atomic mass is 32.2. The van der Waals surface area contributed by atoms with E-state index in [1.807, 2.05) is 0 Å². The molecule has 0 aromatic heterocycles. The number of amides is 1. The number of benzene rings is 1. The van der Waals surface area contributed by atoms with Gasteiger partial charge >= 0.3 is 0 Å². The van der Waals surface area contributed by atoms with E-state index in [-0.39, 0.29) is 11.9 Å². The fraction of sp³-hybridized carbons (Fsp3) is 0.650. The average molecular weight is 394 g/mol. The zero-order chi connectivity index (χ0) is 19.3. The van der Waals surface area contributed by atoms with Crippen molar-refractivity contribution in [3.05, 3.63) is 30.3 Å². The van der Waals surface area contributed by atoms with Gasteiger partial charge in [-0.05, 0) is 43.7 Å². The minimum absolute atomic E-state index is 0.0760. The maximum atomic E-state index is 12.4. The van der Waals surface area contributed by atoms with Crippen molar-refractivity contribution in [1.29, 1.82) is 0 Å². The molecule has 1 aliphatic carbocycles. The molecule has 1 aliphatic heterocycles. The van der Waals surface area contributed by atoms with Gasteiger partial charge in [-0.15, -0.1) is 0 Å². The van der Waals surface area contributed by atoms with Gasteiger partial charge in [0.1, 0.15) is 0 Å². The van der Waals surface area contributed by atoms with Gasteiger partial charge in [0.2, 0.25) is 15.9 Å². The zero-order valence-electron chi connectivity index (χ0n) is 16.1. The number of nitrogens with zero attached hydrogens (tertiary/aromatic N) is 1. The standard InChI is InChI=1S/C20H31N3O3S/c1-16-7-5-6-10-19(16)21-20(24)15-23-13-11-17(12-14-23)22-27(25,26)18-8-3-2-4-9-18/h2-4,8-9,16-17,19,22H,5-7,10-15H2,1H3,(H,21,24). The van der Waals surface area contributed by atoms with Gasteiger partial charge in [0, 0.05) is 25.2 Å². The number of piperidine rings is 1. The third-order valence-electron chi connectivity index (χ3n) is 5.79. The maximum Gasteiger partial charge on any atom is 0.240 e. The molecule has 1 aromatic carbocycles. The molecule has 2 atom stereocenters. The summed E-state index contributed by atoms with van der Waals surface area (Å²) in [5.41, 5.74) is 0. The quantitative estimate of drug-likeness (QED) is 0.776. The van der Waals surface area contributed by atoms with E-state index in [0.29, 0.717) is 23.4 Å². The number of hydrogen-bond acceptors (Lipinski definition) is 4. The van der Waals surface area contributed by atoms with Crippen LogP contribution in [0.1, 0.15) is 45.4 Å². The van der Waals surface area contributed by atoms with Crippen molar-refractivity contribution in [1.82, 2.24) is 14.9 Å². The van der Waals surface area contributed by atoms with E-state index in [0.717, 1.165) is 32.4 Å². The van der Waals surface area contributed by atoms with Gasteiger partial charge in [-0.25, -0.2) is 13.1 Å². The number of sulfonamides is 1. The number of carbonyl (C=O) groups is 1. The average Bonchev–Trinajstić information content (AvgIpc) is 2.66. The Balaban J connectivity index is 1.43. The first-order chi connectivity index (χ1) is 12.9. The lowest BCUT2D eigenvalue weighted by Gasteiger charge is -2.33. The number of carbonyl (C=O) groups excluding carboxylic acids is 1. The lowest BCUT2D eigenvalue weighted by molar-refractivity contribution is -0.123. The van der Waals surface area contributed by atoms with Crippen molar-refractivity contribution in [2.24, 2.45) is 5.92 Å².